The highest BCUT2D eigenvalue weighted by Crippen LogP contribution is 2.17. The van der Waals surface area contributed by atoms with Gasteiger partial charge in [-0.1, -0.05) is 12.8 Å². The molecule has 0 spiro atoms. The zero-order valence-corrected chi connectivity index (χ0v) is 12.8. The lowest BCUT2D eigenvalue weighted by molar-refractivity contribution is -0.00597. The van der Waals surface area contributed by atoms with Gasteiger partial charge in [0.25, 0.3) is 0 Å². The van der Waals surface area contributed by atoms with E-state index < -0.39 is 0 Å². The van der Waals surface area contributed by atoms with Crippen LogP contribution in [0.4, 0.5) is 0 Å². The van der Waals surface area contributed by atoms with E-state index in [1.54, 1.807) is 0 Å². The maximum absolute atomic E-state index is 5.87. The molecule has 4 atom stereocenters. The van der Waals surface area contributed by atoms with Crippen molar-refractivity contribution in [3.63, 3.8) is 0 Å². The van der Waals surface area contributed by atoms with Crippen LogP contribution in [0.25, 0.3) is 0 Å². The smallest absolute Gasteiger partial charge is 0.0725 e. The van der Waals surface area contributed by atoms with Crippen LogP contribution in [0.5, 0.6) is 0 Å². The van der Waals surface area contributed by atoms with E-state index in [0.29, 0.717) is 24.2 Å². The van der Waals surface area contributed by atoms with Crippen LogP contribution in [0.3, 0.4) is 0 Å². The van der Waals surface area contributed by atoms with Gasteiger partial charge in [-0.2, -0.15) is 0 Å². The molecule has 2 fully saturated rings. The van der Waals surface area contributed by atoms with Crippen molar-refractivity contribution in [3.8, 4) is 0 Å². The van der Waals surface area contributed by atoms with Gasteiger partial charge in [-0.25, -0.2) is 0 Å². The molecule has 2 aliphatic heterocycles. The fraction of sp³-hybridized carbons (Fsp3) is 1.00. The third-order valence-electron chi connectivity index (χ3n) is 4.62. The summed E-state index contributed by atoms with van der Waals surface area (Å²) in [4.78, 5) is 0. The molecule has 3 nitrogen and oxygen atoms in total. The molecule has 0 radical (unpaired) electrons. The van der Waals surface area contributed by atoms with E-state index >= 15 is 0 Å². The van der Waals surface area contributed by atoms with E-state index in [0.717, 1.165) is 6.61 Å². The van der Waals surface area contributed by atoms with Crippen molar-refractivity contribution < 1.29 is 4.74 Å². The zero-order valence-electron chi connectivity index (χ0n) is 12.8. The van der Waals surface area contributed by atoms with Gasteiger partial charge < -0.3 is 15.4 Å². The van der Waals surface area contributed by atoms with Gasteiger partial charge in [0.15, 0.2) is 0 Å². The minimum atomic E-state index is 0.429. The molecule has 19 heavy (non-hydrogen) atoms. The average molecular weight is 268 g/mol. The standard InChI is InChI=1S/C16H32N2O/c1-13(12-15-8-4-3-6-10-17-15)18-14(2)16-9-5-7-11-19-16/h13-18H,3-12H2,1-2H3. The molecule has 2 aliphatic rings. The van der Waals surface area contributed by atoms with Gasteiger partial charge in [0.1, 0.15) is 0 Å². The normalized spacial score (nSPS) is 32.5. The summed E-state index contributed by atoms with van der Waals surface area (Å²) in [5.41, 5.74) is 0. The Bertz CT molecular complexity index is 233. The van der Waals surface area contributed by atoms with E-state index in [2.05, 4.69) is 24.5 Å². The molecule has 4 unspecified atom stereocenters. The number of hydrogen-bond acceptors (Lipinski definition) is 3. The fourth-order valence-corrected chi connectivity index (χ4v) is 3.51. The molecule has 0 aliphatic carbocycles. The van der Waals surface area contributed by atoms with Crippen LogP contribution in [0.1, 0.15) is 65.2 Å². The molecule has 0 aromatic carbocycles. The van der Waals surface area contributed by atoms with E-state index in [1.165, 1.54) is 57.9 Å². The topological polar surface area (TPSA) is 33.3 Å². The summed E-state index contributed by atoms with van der Waals surface area (Å²) in [7, 11) is 0. The molecule has 0 amide bonds. The molecule has 2 rings (SSSR count). The SMILES string of the molecule is CC(CC1CCCCCN1)NC(C)C1CCCCO1. The van der Waals surface area contributed by atoms with Crippen molar-refractivity contribution in [2.75, 3.05) is 13.2 Å². The molecule has 3 heteroatoms. The van der Waals surface area contributed by atoms with Gasteiger partial charge in [0.05, 0.1) is 6.10 Å². The van der Waals surface area contributed by atoms with Crippen molar-refractivity contribution in [3.05, 3.63) is 0 Å². The van der Waals surface area contributed by atoms with Gasteiger partial charge in [-0.3, -0.25) is 0 Å². The molecular weight excluding hydrogens is 236 g/mol. The first kappa shape index (κ1) is 15.3. The van der Waals surface area contributed by atoms with Crippen LogP contribution in [0.15, 0.2) is 0 Å². The van der Waals surface area contributed by atoms with Crippen molar-refractivity contribution in [2.24, 2.45) is 0 Å². The summed E-state index contributed by atoms with van der Waals surface area (Å²) in [5.74, 6) is 0. The predicted octanol–water partition coefficient (Wildman–Crippen LogP) is 2.84. The Balaban J connectivity index is 1.68. The molecule has 2 saturated heterocycles. The average Bonchev–Trinajstić information content (AvgIpc) is 2.68. The van der Waals surface area contributed by atoms with E-state index in [9.17, 15) is 0 Å². The van der Waals surface area contributed by atoms with Gasteiger partial charge in [-0.05, 0) is 58.9 Å². The minimum Gasteiger partial charge on any atom is -0.377 e. The highest BCUT2D eigenvalue weighted by atomic mass is 16.5. The number of nitrogens with one attached hydrogen (secondary N) is 2. The molecule has 112 valence electrons. The summed E-state index contributed by atoms with van der Waals surface area (Å²) < 4.78 is 5.87. The third-order valence-corrected chi connectivity index (χ3v) is 4.62. The van der Waals surface area contributed by atoms with Gasteiger partial charge >= 0.3 is 0 Å². The number of ether oxygens (including phenoxy) is 1. The van der Waals surface area contributed by atoms with Crippen LogP contribution < -0.4 is 10.6 Å². The van der Waals surface area contributed by atoms with Gasteiger partial charge in [-0.15, -0.1) is 0 Å². The molecular formula is C16H32N2O. The molecule has 0 aromatic rings. The van der Waals surface area contributed by atoms with Crippen LogP contribution >= 0.6 is 0 Å². The second-order valence-electron chi connectivity index (χ2n) is 6.50. The Kier molecular flexibility index (Phi) is 6.62. The van der Waals surface area contributed by atoms with Crippen molar-refractivity contribution in [1.29, 1.82) is 0 Å². The summed E-state index contributed by atoms with van der Waals surface area (Å²) in [6.07, 6.45) is 11.0. The monoisotopic (exact) mass is 268 g/mol. The lowest BCUT2D eigenvalue weighted by Crippen LogP contribution is -2.46. The Morgan fingerprint density at radius 1 is 1.11 bits per heavy atom. The maximum Gasteiger partial charge on any atom is 0.0725 e. The molecule has 0 bridgehead atoms. The quantitative estimate of drug-likeness (QED) is 0.804. The number of rotatable bonds is 5. The lowest BCUT2D eigenvalue weighted by Gasteiger charge is -2.32. The maximum atomic E-state index is 5.87. The summed E-state index contributed by atoms with van der Waals surface area (Å²) >= 11 is 0. The van der Waals surface area contributed by atoms with E-state index in [-0.39, 0.29) is 0 Å². The Hall–Kier alpha value is -0.120. The molecule has 0 saturated carbocycles. The molecule has 2 N–H and O–H groups in total. The summed E-state index contributed by atoms with van der Waals surface area (Å²) in [6.45, 7) is 6.77. The first-order chi connectivity index (χ1) is 9.25. The molecule has 0 aromatic heterocycles. The van der Waals surface area contributed by atoms with Crippen molar-refractivity contribution >= 4 is 0 Å². The summed E-state index contributed by atoms with van der Waals surface area (Å²) in [5, 5.41) is 7.45. The highest BCUT2D eigenvalue weighted by molar-refractivity contribution is 4.81. The Labute approximate surface area is 118 Å². The number of hydrogen-bond donors (Lipinski definition) is 2. The van der Waals surface area contributed by atoms with Gasteiger partial charge in [0, 0.05) is 24.7 Å². The fourth-order valence-electron chi connectivity index (χ4n) is 3.51. The Morgan fingerprint density at radius 2 is 1.95 bits per heavy atom. The van der Waals surface area contributed by atoms with Gasteiger partial charge in [0.2, 0.25) is 0 Å². The second-order valence-corrected chi connectivity index (χ2v) is 6.50. The van der Waals surface area contributed by atoms with Crippen LogP contribution in [0, 0.1) is 0 Å². The second kappa shape index (κ2) is 8.23. The third kappa shape index (κ3) is 5.41. The Morgan fingerprint density at radius 3 is 2.74 bits per heavy atom. The lowest BCUT2D eigenvalue weighted by atomic mass is 10.00. The first-order valence-electron chi connectivity index (χ1n) is 8.36. The zero-order chi connectivity index (χ0) is 13.5. The largest absolute Gasteiger partial charge is 0.377 e. The summed E-state index contributed by atoms with van der Waals surface area (Å²) in [6, 6.07) is 1.78. The minimum absolute atomic E-state index is 0.429. The van der Waals surface area contributed by atoms with E-state index in [4.69, 9.17) is 4.74 Å². The highest BCUT2D eigenvalue weighted by Gasteiger charge is 2.23. The molecule has 2 heterocycles. The van der Waals surface area contributed by atoms with E-state index in [1.807, 2.05) is 0 Å². The predicted molar refractivity (Wildman–Crippen MR) is 80.5 cm³/mol. The van der Waals surface area contributed by atoms with Crippen LogP contribution in [0.2, 0.25) is 0 Å². The van der Waals surface area contributed by atoms with Crippen molar-refractivity contribution in [1.82, 2.24) is 10.6 Å². The van der Waals surface area contributed by atoms with Crippen molar-refractivity contribution in [2.45, 2.75) is 89.4 Å². The van der Waals surface area contributed by atoms with Crippen LogP contribution in [-0.2, 0) is 4.74 Å². The first-order valence-corrected chi connectivity index (χ1v) is 8.36. The van der Waals surface area contributed by atoms with Crippen LogP contribution in [-0.4, -0.2) is 37.4 Å².